The molecule has 1 aromatic heterocycles. The van der Waals surface area contributed by atoms with Gasteiger partial charge < -0.3 is 22.1 Å². The zero-order valence-electron chi connectivity index (χ0n) is 9.77. The standard InChI is InChI=1S/C11H15N5O2/c12-6-3-4-7(9(13)17)15-10(6)16-8-2-1-5-14-11(8)18/h3-4,8H,1-2,5,12H2,(H2,13,17)(H,14,18)(H,15,16). The van der Waals surface area contributed by atoms with Crippen LogP contribution < -0.4 is 22.1 Å². The van der Waals surface area contributed by atoms with Crippen LogP contribution >= 0.6 is 0 Å². The predicted molar refractivity (Wildman–Crippen MR) is 66.8 cm³/mol. The van der Waals surface area contributed by atoms with Gasteiger partial charge in [-0.05, 0) is 25.0 Å². The second-order valence-electron chi connectivity index (χ2n) is 4.13. The molecule has 0 aliphatic carbocycles. The van der Waals surface area contributed by atoms with Gasteiger partial charge in [0.15, 0.2) is 5.82 Å². The lowest BCUT2D eigenvalue weighted by molar-refractivity contribution is -0.123. The second kappa shape index (κ2) is 4.91. The number of pyridine rings is 1. The molecule has 0 saturated carbocycles. The van der Waals surface area contributed by atoms with Crippen molar-refractivity contribution in [2.24, 2.45) is 5.73 Å². The summed E-state index contributed by atoms with van der Waals surface area (Å²) >= 11 is 0. The van der Waals surface area contributed by atoms with Gasteiger partial charge in [-0.3, -0.25) is 9.59 Å². The number of nitrogens with zero attached hydrogens (tertiary/aromatic N) is 1. The fraction of sp³-hybridized carbons (Fsp3) is 0.364. The van der Waals surface area contributed by atoms with Gasteiger partial charge in [-0.25, -0.2) is 4.98 Å². The van der Waals surface area contributed by atoms with Crippen LogP contribution in [0.1, 0.15) is 23.3 Å². The monoisotopic (exact) mass is 249 g/mol. The molecule has 1 atom stereocenters. The Morgan fingerprint density at radius 3 is 2.94 bits per heavy atom. The minimum absolute atomic E-state index is 0.0908. The summed E-state index contributed by atoms with van der Waals surface area (Å²) in [4.78, 5) is 26.6. The number of carbonyl (C=O) groups is 2. The average Bonchev–Trinajstić information content (AvgIpc) is 2.34. The van der Waals surface area contributed by atoms with Crippen molar-refractivity contribution in [1.82, 2.24) is 10.3 Å². The van der Waals surface area contributed by atoms with E-state index in [-0.39, 0.29) is 17.6 Å². The molecule has 96 valence electrons. The molecule has 1 aliphatic heterocycles. The summed E-state index contributed by atoms with van der Waals surface area (Å²) in [7, 11) is 0. The molecule has 7 heteroatoms. The fourth-order valence-electron chi connectivity index (χ4n) is 1.80. The van der Waals surface area contributed by atoms with E-state index in [0.29, 0.717) is 24.5 Å². The van der Waals surface area contributed by atoms with Gasteiger partial charge in [0.25, 0.3) is 5.91 Å². The van der Waals surface area contributed by atoms with Crippen LogP contribution in [0.3, 0.4) is 0 Å². The van der Waals surface area contributed by atoms with Gasteiger partial charge in [-0.1, -0.05) is 0 Å². The van der Waals surface area contributed by atoms with Crippen molar-refractivity contribution in [2.75, 3.05) is 17.6 Å². The van der Waals surface area contributed by atoms with Crippen molar-refractivity contribution in [2.45, 2.75) is 18.9 Å². The highest BCUT2D eigenvalue weighted by Gasteiger charge is 2.23. The maximum Gasteiger partial charge on any atom is 0.267 e. The van der Waals surface area contributed by atoms with Gasteiger partial charge >= 0.3 is 0 Å². The van der Waals surface area contributed by atoms with Crippen LogP contribution in [0.25, 0.3) is 0 Å². The van der Waals surface area contributed by atoms with E-state index < -0.39 is 5.91 Å². The average molecular weight is 249 g/mol. The Labute approximate surface area is 104 Å². The van der Waals surface area contributed by atoms with Crippen LogP contribution in [0.4, 0.5) is 11.5 Å². The van der Waals surface area contributed by atoms with Crippen molar-refractivity contribution in [3.8, 4) is 0 Å². The number of hydrogen-bond acceptors (Lipinski definition) is 5. The third-order valence-electron chi connectivity index (χ3n) is 2.78. The molecule has 0 aromatic carbocycles. The molecule has 2 heterocycles. The topological polar surface area (TPSA) is 123 Å². The number of nitrogen functional groups attached to an aromatic ring is 1. The first-order valence-corrected chi connectivity index (χ1v) is 5.68. The predicted octanol–water partition coefficient (Wildman–Crippen LogP) is -0.547. The molecule has 18 heavy (non-hydrogen) atoms. The molecule has 0 bridgehead atoms. The van der Waals surface area contributed by atoms with Gasteiger partial charge in [-0.15, -0.1) is 0 Å². The van der Waals surface area contributed by atoms with Gasteiger partial charge in [0.2, 0.25) is 5.91 Å². The summed E-state index contributed by atoms with van der Waals surface area (Å²) in [6.07, 6.45) is 1.59. The van der Waals surface area contributed by atoms with E-state index in [0.717, 1.165) is 6.42 Å². The quantitative estimate of drug-likeness (QED) is 0.572. The maximum absolute atomic E-state index is 11.6. The highest BCUT2D eigenvalue weighted by molar-refractivity contribution is 5.92. The molecule has 1 fully saturated rings. The van der Waals surface area contributed by atoms with Crippen LogP contribution in [0, 0.1) is 0 Å². The van der Waals surface area contributed by atoms with Crippen LogP contribution in [0.5, 0.6) is 0 Å². The molecular weight excluding hydrogens is 234 g/mol. The number of nitrogens with two attached hydrogens (primary N) is 2. The van der Waals surface area contributed by atoms with E-state index in [4.69, 9.17) is 11.5 Å². The molecule has 1 aliphatic rings. The van der Waals surface area contributed by atoms with Gasteiger partial charge in [0.1, 0.15) is 11.7 Å². The van der Waals surface area contributed by atoms with Crippen LogP contribution in [-0.2, 0) is 4.79 Å². The van der Waals surface area contributed by atoms with Crippen molar-refractivity contribution < 1.29 is 9.59 Å². The SMILES string of the molecule is NC(=O)c1ccc(N)c(NC2CCCNC2=O)n1. The van der Waals surface area contributed by atoms with E-state index in [1.54, 1.807) is 0 Å². The second-order valence-corrected chi connectivity index (χ2v) is 4.13. The summed E-state index contributed by atoms with van der Waals surface area (Å²) in [5, 5.41) is 5.69. The minimum atomic E-state index is -0.633. The zero-order chi connectivity index (χ0) is 13.1. The first-order valence-electron chi connectivity index (χ1n) is 5.68. The Morgan fingerprint density at radius 1 is 1.50 bits per heavy atom. The van der Waals surface area contributed by atoms with Crippen molar-refractivity contribution >= 4 is 23.3 Å². The number of rotatable bonds is 3. The normalized spacial score (nSPS) is 19.1. The summed E-state index contributed by atoms with van der Waals surface area (Å²) in [6, 6.07) is 2.61. The summed E-state index contributed by atoms with van der Waals surface area (Å²) < 4.78 is 0. The number of primary amides is 1. The third kappa shape index (κ3) is 2.50. The molecule has 2 rings (SSSR count). The van der Waals surface area contributed by atoms with Crippen LogP contribution in [0.15, 0.2) is 12.1 Å². The Morgan fingerprint density at radius 2 is 2.28 bits per heavy atom. The number of amides is 2. The molecule has 2 amide bonds. The number of nitrogens with one attached hydrogen (secondary N) is 2. The molecule has 0 radical (unpaired) electrons. The van der Waals surface area contributed by atoms with Gasteiger partial charge in [-0.2, -0.15) is 0 Å². The third-order valence-corrected chi connectivity index (χ3v) is 2.78. The number of aromatic nitrogens is 1. The largest absolute Gasteiger partial charge is 0.396 e. The maximum atomic E-state index is 11.6. The Balaban J connectivity index is 2.19. The van der Waals surface area contributed by atoms with E-state index in [1.165, 1.54) is 12.1 Å². The minimum Gasteiger partial charge on any atom is -0.396 e. The van der Waals surface area contributed by atoms with Crippen LogP contribution in [-0.4, -0.2) is 29.4 Å². The van der Waals surface area contributed by atoms with Crippen molar-refractivity contribution in [3.05, 3.63) is 17.8 Å². The van der Waals surface area contributed by atoms with Crippen molar-refractivity contribution in [3.63, 3.8) is 0 Å². The molecule has 7 nitrogen and oxygen atoms in total. The molecular formula is C11H15N5O2. The summed E-state index contributed by atoms with van der Waals surface area (Å²) in [5.41, 5.74) is 11.4. The lowest BCUT2D eigenvalue weighted by Crippen LogP contribution is -2.44. The molecule has 1 unspecified atom stereocenters. The zero-order valence-corrected chi connectivity index (χ0v) is 9.77. The highest BCUT2D eigenvalue weighted by atomic mass is 16.2. The van der Waals surface area contributed by atoms with E-state index in [2.05, 4.69) is 15.6 Å². The molecule has 0 spiro atoms. The summed E-state index contributed by atoms with van der Waals surface area (Å²) in [6.45, 7) is 0.682. The van der Waals surface area contributed by atoms with E-state index in [9.17, 15) is 9.59 Å². The molecule has 1 aromatic rings. The first-order chi connectivity index (χ1) is 8.58. The Hall–Kier alpha value is -2.31. The Bertz CT molecular complexity index is 488. The number of anilines is 2. The molecule has 6 N–H and O–H groups in total. The highest BCUT2D eigenvalue weighted by Crippen LogP contribution is 2.18. The van der Waals surface area contributed by atoms with Crippen LogP contribution in [0.2, 0.25) is 0 Å². The van der Waals surface area contributed by atoms with E-state index in [1.807, 2.05) is 0 Å². The number of carbonyl (C=O) groups excluding carboxylic acids is 2. The van der Waals surface area contributed by atoms with E-state index >= 15 is 0 Å². The lowest BCUT2D eigenvalue weighted by Gasteiger charge is -2.23. The number of piperidine rings is 1. The molecule has 1 saturated heterocycles. The Kier molecular flexibility index (Phi) is 3.31. The van der Waals surface area contributed by atoms with Gasteiger partial charge in [0, 0.05) is 6.54 Å². The number of hydrogen-bond donors (Lipinski definition) is 4. The smallest absolute Gasteiger partial charge is 0.267 e. The first kappa shape index (κ1) is 12.2. The fourth-order valence-corrected chi connectivity index (χ4v) is 1.80. The van der Waals surface area contributed by atoms with Crippen molar-refractivity contribution in [1.29, 1.82) is 0 Å². The summed E-state index contributed by atoms with van der Waals surface area (Å²) in [5.74, 6) is -0.411. The lowest BCUT2D eigenvalue weighted by atomic mass is 10.1. The van der Waals surface area contributed by atoms with Gasteiger partial charge in [0.05, 0.1) is 5.69 Å².